The van der Waals surface area contributed by atoms with E-state index in [4.69, 9.17) is 9.47 Å². The maximum atomic E-state index is 12.3. The van der Waals surface area contributed by atoms with Crippen LogP contribution in [0.25, 0.3) is 0 Å². The Labute approximate surface area is 191 Å². The highest BCUT2D eigenvalue weighted by atomic mass is 79.9. The van der Waals surface area contributed by atoms with Crippen molar-refractivity contribution in [3.63, 3.8) is 0 Å². The van der Waals surface area contributed by atoms with Gasteiger partial charge in [-0.1, -0.05) is 24.3 Å². The summed E-state index contributed by atoms with van der Waals surface area (Å²) in [4.78, 5) is 16.9. The van der Waals surface area contributed by atoms with Gasteiger partial charge in [0.15, 0.2) is 18.1 Å². The highest BCUT2D eigenvalue weighted by Gasteiger charge is 2.13. The van der Waals surface area contributed by atoms with E-state index in [-0.39, 0.29) is 12.5 Å². The van der Waals surface area contributed by atoms with Crippen LogP contribution in [0.1, 0.15) is 22.3 Å². The van der Waals surface area contributed by atoms with Gasteiger partial charge < -0.3 is 14.8 Å². The van der Waals surface area contributed by atoms with Crippen molar-refractivity contribution in [2.24, 2.45) is 4.99 Å². The smallest absolute Gasteiger partial charge is 0.262 e. The summed E-state index contributed by atoms with van der Waals surface area (Å²) in [6, 6.07) is 17.3. The number of aliphatic imine (C=N–C) groups is 1. The Morgan fingerprint density at radius 1 is 1.10 bits per heavy atom. The minimum absolute atomic E-state index is 0.140. The van der Waals surface area contributed by atoms with Crippen molar-refractivity contribution in [1.29, 1.82) is 0 Å². The summed E-state index contributed by atoms with van der Waals surface area (Å²) in [7, 11) is 1.56. The molecule has 0 atom stereocenters. The van der Waals surface area contributed by atoms with E-state index in [1.165, 1.54) is 5.56 Å². The number of halogens is 1. The monoisotopic (exact) mass is 480 g/mol. The minimum atomic E-state index is -0.250. The zero-order chi connectivity index (χ0) is 22.4. The molecule has 3 aromatic carbocycles. The van der Waals surface area contributed by atoms with Crippen LogP contribution in [0.4, 0.5) is 11.4 Å². The topological polar surface area (TPSA) is 59.9 Å². The van der Waals surface area contributed by atoms with Crippen LogP contribution in [0, 0.1) is 20.8 Å². The van der Waals surface area contributed by atoms with Gasteiger partial charge in [0.1, 0.15) is 0 Å². The van der Waals surface area contributed by atoms with Crippen LogP contribution < -0.4 is 14.8 Å². The van der Waals surface area contributed by atoms with E-state index in [1.54, 1.807) is 13.3 Å². The molecular formula is C25H25BrN2O3. The van der Waals surface area contributed by atoms with Crippen LogP contribution in [0.3, 0.4) is 0 Å². The third-order valence-corrected chi connectivity index (χ3v) is 5.42. The molecule has 1 amide bonds. The fourth-order valence-corrected chi connectivity index (χ4v) is 3.61. The molecule has 31 heavy (non-hydrogen) atoms. The summed E-state index contributed by atoms with van der Waals surface area (Å²) < 4.78 is 11.9. The number of nitrogens with zero attached hydrogens (tertiary/aromatic N) is 1. The van der Waals surface area contributed by atoms with E-state index in [0.717, 1.165) is 28.1 Å². The fourth-order valence-electron chi connectivity index (χ4n) is 3.03. The van der Waals surface area contributed by atoms with Gasteiger partial charge in [-0.3, -0.25) is 9.79 Å². The van der Waals surface area contributed by atoms with E-state index in [2.05, 4.69) is 46.2 Å². The molecule has 0 fully saturated rings. The summed E-state index contributed by atoms with van der Waals surface area (Å²) in [6.45, 7) is 5.95. The number of carbonyl (C=O) groups excluding carboxylic acids is 1. The molecule has 5 nitrogen and oxygen atoms in total. The number of anilines is 1. The Kier molecular flexibility index (Phi) is 7.47. The number of rotatable bonds is 7. The average Bonchev–Trinajstić information content (AvgIpc) is 2.73. The number of benzene rings is 3. The Balaban J connectivity index is 1.72. The first-order valence-corrected chi connectivity index (χ1v) is 10.6. The SMILES string of the molecule is COc1cc(C=Nc2cccc(C)c2C)cc(Br)c1OCC(=O)Nc1cccc(C)c1. The average molecular weight is 481 g/mol. The first-order chi connectivity index (χ1) is 14.9. The fraction of sp³-hybridized carbons (Fsp3) is 0.200. The van der Waals surface area contributed by atoms with E-state index >= 15 is 0 Å². The molecule has 0 bridgehead atoms. The predicted molar refractivity (Wildman–Crippen MR) is 129 cm³/mol. The van der Waals surface area contributed by atoms with Crippen molar-refractivity contribution in [2.75, 3.05) is 19.0 Å². The van der Waals surface area contributed by atoms with Gasteiger partial charge in [0, 0.05) is 11.9 Å². The van der Waals surface area contributed by atoms with Crippen LogP contribution in [0.15, 0.2) is 64.1 Å². The molecule has 0 heterocycles. The molecule has 160 valence electrons. The number of hydrogen-bond donors (Lipinski definition) is 1. The van der Waals surface area contributed by atoms with Gasteiger partial charge in [-0.05, 0) is 89.3 Å². The lowest BCUT2D eigenvalue weighted by molar-refractivity contribution is -0.118. The Bertz CT molecular complexity index is 1130. The minimum Gasteiger partial charge on any atom is -0.493 e. The Morgan fingerprint density at radius 3 is 2.61 bits per heavy atom. The number of carbonyl (C=O) groups is 1. The van der Waals surface area contributed by atoms with E-state index in [0.29, 0.717) is 16.0 Å². The number of hydrogen-bond acceptors (Lipinski definition) is 4. The lowest BCUT2D eigenvalue weighted by Gasteiger charge is -2.13. The van der Waals surface area contributed by atoms with Crippen LogP contribution in [0.2, 0.25) is 0 Å². The third kappa shape index (κ3) is 5.95. The molecule has 0 aliphatic carbocycles. The van der Waals surface area contributed by atoms with Crippen molar-refractivity contribution < 1.29 is 14.3 Å². The molecule has 0 aliphatic heterocycles. The quantitative estimate of drug-likeness (QED) is 0.412. The predicted octanol–water partition coefficient (Wildman–Crippen LogP) is 6.15. The summed E-state index contributed by atoms with van der Waals surface area (Å²) in [5.74, 6) is 0.728. The van der Waals surface area contributed by atoms with Gasteiger partial charge in [0.25, 0.3) is 5.91 Å². The molecule has 3 rings (SSSR count). The normalized spacial score (nSPS) is 10.9. The summed E-state index contributed by atoms with van der Waals surface area (Å²) >= 11 is 3.52. The van der Waals surface area contributed by atoms with Crippen molar-refractivity contribution >= 4 is 39.4 Å². The highest BCUT2D eigenvalue weighted by Crippen LogP contribution is 2.36. The molecule has 0 aromatic heterocycles. The van der Waals surface area contributed by atoms with Gasteiger partial charge >= 0.3 is 0 Å². The first-order valence-electron chi connectivity index (χ1n) is 9.84. The summed E-state index contributed by atoms with van der Waals surface area (Å²) in [5, 5.41) is 2.83. The number of methoxy groups -OCH3 is 1. The molecule has 0 spiro atoms. The van der Waals surface area contributed by atoms with Crippen molar-refractivity contribution in [3.05, 3.63) is 81.3 Å². The van der Waals surface area contributed by atoms with Gasteiger partial charge in [-0.25, -0.2) is 0 Å². The van der Waals surface area contributed by atoms with Crippen molar-refractivity contribution in [3.8, 4) is 11.5 Å². The van der Waals surface area contributed by atoms with Crippen LogP contribution in [0.5, 0.6) is 11.5 Å². The van der Waals surface area contributed by atoms with E-state index in [1.807, 2.05) is 55.5 Å². The molecule has 0 unspecified atom stereocenters. The molecule has 3 aromatic rings. The van der Waals surface area contributed by atoms with Gasteiger partial charge in [0.2, 0.25) is 0 Å². The third-order valence-electron chi connectivity index (χ3n) is 4.83. The maximum Gasteiger partial charge on any atom is 0.262 e. The zero-order valence-electron chi connectivity index (χ0n) is 18.0. The van der Waals surface area contributed by atoms with E-state index < -0.39 is 0 Å². The van der Waals surface area contributed by atoms with Crippen LogP contribution in [-0.2, 0) is 4.79 Å². The lowest BCUT2D eigenvalue weighted by Crippen LogP contribution is -2.20. The van der Waals surface area contributed by atoms with E-state index in [9.17, 15) is 4.79 Å². The second-order valence-electron chi connectivity index (χ2n) is 7.22. The number of aryl methyl sites for hydroxylation is 2. The molecular weight excluding hydrogens is 456 g/mol. The summed E-state index contributed by atoms with van der Waals surface area (Å²) in [6.07, 6.45) is 1.78. The first kappa shape index (κ1) is 22.6. The van der Waals surface area contributed by atoms with Crippen molar-refractivity contribution in [1.82, 2.24) is 0 Å². The van der Waals surface area contributed by atoms with Crippen molar-refractivity contribution in [2.45, 2.75) is 20.8 Å². The molecule has 0 saturated heterocycles. The number of ether oxygens (including phenoxy) is 2. The molecule has 1 N–H and O–H groups in total. The zero-order valence-corrected chi connectivity index (χ0v) is 19.6. The summed E-state index contributed by atoms with van der Waals surface area (Å²) in [5.41, 5.74) is 5.91. The lowest BCUT2D eigenvalue weighted by atomic mass is 10.1. The molecule has 0 radical (unpaired) electrons. The molecule has 0 saturated carbocycles. The number of nitrogens with one attached hydrogen (secondary N) is 1. The van der Waals surface area contributed by atoms with Gasteiger partial charge in [0.05, 0.1) is 17.3 Å². The van der Waals surface area contributed by atoms with Crippen LogP contribution >= 0.6 is 15.9 Å². The standard InChI is InChI=1S/C25H25BrN2O3/c1-16-7-5-9-20(11-16)28-24(29)15-31-25-21(26)12-19(13-23(25)30-4)14-27-22-10-6-8-17(2)18(22)3/h5-14H,15H2,1-4H3,(H,28,29). The Morgan fingerprint density at radius 2 is 1.87 bits per heavy atom. The van der Waals surface area contributed by atoms with Gasteiger partial charge in [-0.2, -0.15) is 0 Å². The second-order valence-corrected chi connectivity index (χ2v) is 8.07. The van der Waals surface area contributed by atoms with Crippen LogP contribution in [-0.4, -0.2) is 25.8 Å². The van der Waals surface area contributed by atoms with Gasteiger partial charge in [-0.15, -0.1) is 0 Å². The Hall–Kier alpha value is -3.12. The molecule has 6 heteroatoms. The second kappa shape index (κ2) is 10.3. The highest BCUT2D eigenvalue weighted by molar-refractivity contribution is 9.10. The maximum absolute atomic E-state index is 12.3. The largest absolute Gasteiger partial charge is 0.493 e. The molecule has 0 aliphatic rings. The number of amides is 1.